The maximum absolute atomic E-state index is 13.1. The molecule has 0 saturated heterocycles. The van der Waals surface area contributed by atoms with Gasteiger partial charge in [0.2, 0.25) is 17.7 Å². The van der Waals surface area contributed by atoms with Gasteiger partial charge in [-0.3, -0.25) is 19.4 Å². The molecule has 0 fully saturated rings. The van der Waals surface area contributed by atoms with Gasteiger partial charge in [0.05, 0.1) is 12.1 Å². The number of benzene rings is 1. The molecule has 0 aliphatic carbocycles. The minimum Gasteiger partial charge on any atom is -0.480 e. The predicted molar refractivity (Wildman–Crippen MR) is 137 cm³/mol. The Morgan fingerprint density at radius 3 is 2.11 bits per heavy atom. The fraction of sp³-hybridized carbons (Fsp3) is 0.500. The summed E-state index contributed by atoms with van der Waals surface area (Å²) in [7, 11) is 0. The van der Waals surface area contributed by atoms with E-state index in [9.17, 15) is 29.4 Å². The Labute approximate surface area is 214 Å². The van der Waals surface area contributed by atoms with Crippen molar-refractivity contribution in [2.24, 2.45) is 22.2 Å². The number of aliphatic carboxylic acids is 1. The van der Waals surface area contributed by atoms with Crippen molar-refractivity contribution in [3.05, 3.63) is 35.9 Å². The molecule has 1 rings (SSSR count). The average molecular weight is 526 g/mol. The van der Waals surface area contributed by atoms with Gasteiger partial charge in [0, 0.05) is 18.7 Å². The van der Waals surface area contributed by atoms with Crippen LogP contribution in [-0.2, 0) is 25.6 Å². The van der Waals surface area contributed by atoms with E-state index in [-0.39, 0.29) is 24.6 Å². The van der Waals surface area contributed by atoms with Crippen LogP contribution in [0.2, 0.25) is 0 Å². The SMILES string of the molecule is CC(O)C(NC(=O)C(CS)NC(=O)C(Cc1ccccc1)NC(=O)C(N)CCCN=C(N)N)C(=O)O. The zero-order valence-electron chi connectivity index (χ0n) is 20.0. The van der Waals surface area contributed by atoms with Gasteiger partial charge in [0.1, 0.15) is 12.1 Å². The van der Waals surface area contributed by atoms with E-state index in [0.29, 0.717) is 13.0 Å². The quantitative estimate of drug-likeness (QED) is 0.0507. The highest BCUT2D eigenvalue weighted by molar-refractivity contribution is 7.80. The van der Waals surface area contributed by atoms with Crippen LogP contribution in [0.15, 0.2) is 35.3 Å². The third-order valence-corrected chi connectivity index (χ3v) is 5.45. The highest BCUT2D eigenvalue weighted by Crippen LogP contribution is 2.06. The molecule has 11 N–H and O–H groups in total. The summed E-state index contributed by atoms with van der Waals surface area (Å²) in [4.78, 5) is 53.4. The van der Waals surface area contributed by atoms with Crippen LogP contribution in [0.3, 0.4) is 0 Å². The van der Waals surface area contributed by atoms with E-state index in [2.05, 4.69) is 33.6 Å². The maximum atomic E-state index is 13.1. The van der Waals surface area contributed by atoms with Gasteiger partial charge in [0.15, 0.2) is 12.0 Å². The zero-order valence-corrected chi connectivity index (χ0v) is 20.9. The summed E-state index contributed by atoms with van der Waals surface area (Å²) in [6.45, 7) is 1.50. The Hall–Kier alpha value is -3.36. The van der Waals surface area contributed by atoms with Crippen LogP contribution in [0.25, 0.3) is 0 Å². The van der Waals surface area contributed by atoms with E-state index in [0.717, 1.165) is 5.56 Å². The number of nitrogens with one attached hydrogen (secondary N) is 3. The number of guanidine groups is 1. The molecule has 5 unspecified atom stereocenters. The standard InChI is InChI=1S/C22H35N7O6S/c1-12(30)17(21(34)35)29-20(33)16(11-36)28-19(32)15(10-13-6-3-2-4-7-13)27-18(31)14(23)8-5-9-26-22(24)25/h2-4,6-7,12,14-17,30,36H,5,8-11,23H2,1H3,(H,27,31)(H,28,32)(H,29,33)(H,34,35)(H4,24,25,26). The van der Waals surface area contributed by atoms with Crippen LogP contribution in [0, 0.1) is 0 Å². The average Bonchev–Trinajstić information content (AvgIpc) is 2.82. The highest BCUT2D eigenvalue weighted by Gasteiger charge is 2.31. The Balaban J connectivity index is 2.93. The zero-order chi connectivity index (χ0) is 27.3. The first-order valence-corrected chi connectivity index (χ1v) is 11.9. The van der Waals surface area contributed by atoms with Crippen molar-refractivity contribution in [1.82, 2.24) is 16.0 Å². The molecule has 14 heteroatoms. The lowest BCUT2D eigenvalue weighted by atomic mass is 10.0. The molecule has 0 saturated carbocycles. The molecule has 0 aliphatic heterocycles. The molecule has 5 atom stereocenters. The Kier molecular flexibility index (Phi) is 13.3. The highest BCUT2D eigenvalue weighted by atomic mass is 32.1. The van der Waals surface area contributed by atoms with Crippen LogP contribution in [0.4, 0.5) is 0 Å². The smallest absolute Gasteiger partial charge is 0.328 e. The van der Waals surface area contributed by atoms with E-state index in [4.69, 9.17) is 17.2 Å². The predicted octanol–water partition coefficient (Wildman–Crippen LogP) is -2.54. The van der Waals surface area contributed by atoms with Gasteiger partial charge in [-0.25, -0.2) is 4.79 Å². The molecule has 0 heterocycles. The number of aliphatic hydroxyl groups is 1. The first kappa shape index (κ1) is 30.7. The molecule has 1 aromatic carbocycles. The van der Waals surface area contributed by atoms with Crippen molar-refractivity contribution in [3.8, 4) is 0 Å². The van der Waals surface area contributed by atoms with Crippen molar-refractivity contribution in [3.63, 3.8) is 0 Å². The Bertz CT molecular complexity index is 911. The van der Waals surface area contributed by atoms with Crippen LogP contribution >= 0.6 is 12.6 Å². The fourth-order valence-electron chi connectivity index (χ4n) is 3.10. The number of carbonyl (C=O) groups excluding carboxylic acids is 3. The summed E-state index contributed by atoms with van der Waals surface area (Å²) in [5, 5.41) is 26.0. The summed E-state index contributed by atoms with van der Waals surface area (Å²) in [5.74, 6) is -3.81. The number of thiol groups is 1. The number of amides is 3. The lowest BCUT2D eigenvalue weighted by Crippen LogP contribution is -2.59. The molecular weight excluding hydrogens is 490 g/mol. The van der Waals surface area contributed by atoms with E-state index < -0.39 is 54.0 Å². The summed E-state index contributed by atoms with van der Waals surface area (Å²) in [6.07, 6.45) is -0.565. The van der Waals surface area contributed by atoms with Crippen molar-refractivity contribution in [2.45, 2.75) is 56.5 Å². The normalized spacial score (nSPS) is 14.9. The largest absolute Gasteiger partial charge is 0.480 e. The molecule has 13 nitrogen and oxygen atoms in total. The molecule has 200 valence electrons. The van der Waals surface area contributed by atoms with E-state index in [1.165, 1.54) is 6.92 Å². The van der Waals surface area contributed by atoms with Gasteiger partial charge in [0.25, 0.3) is 0 Å². The number of aliphatic hydroxyl groups excluding tert-OH is 1. The summed E-state index contributed by atoms with van der Waals surface area (Å²) >= 11 is 4.07. The maximum Gasteiger partial charge on any atom is 0.328 e. The number of nitrogens with zero attached hydrogens (tertiary/aromatic N) is 1. The molecule has 36 heavy (non-hydrogen) atoms. The van der Waals surface area contributed by atoms with Gasteiger partial charge in [-0.05, 0) is 25.3 Å². The molecule has 0 radical (unpaired) electrons. The number of carboxylic acid groups (broad SMARTS) is 1. The third-order valence-electron chi connectivity index (χ3n) is 5.08. The van der Waals surface area contributed by atoms with Crippen LogP contribution in [-0.4, -0.2) is 82.4 Å². The number of nitrogens with two attached hydrogens (primary N) is 3. The van der Waals surface area contributed by atoms with Crippen molar-refractivity contribution >= 4 is 42.3 Å². The van der Waals surface area contributed by atoms with Crippen LogP contribution in [0.5, 0.6) is 0 Å². The van der Waals surface area contributed by atoms with Gasteiger partial charge in [-0.2, -0.15) is 12.6 Å². The Morgan fingerprint density at radius 1 is 1.00 bits per heavy atom. The molecule has 0 aliphatic rings. The van der Waals surface area contributed by atoms with E-state index >= 15 is 0 Å². The molecule has 0 spiro atoms. The van der Waals surface area contributed by atoms with Gasteiger partial charge >= 0.3 is 5.97 Å². The second-order valence-corrected chi connectivity index (χ2v) is 8.48. The van der Waals surface area contributed by atoms with E-state index in [1.54, 1.807) is 30.3 Å². The molecule has 0 aromatic heterocycles. The monoisotopic (exact) mass is 525 g/mol. The second-order valence-electron chi connectivity index (χ2n) is 8.12. The van der Waals surface area contributed by atoms with Crippen molar-refractivity contribution in [1.29, 1.82) is 0 Å². The summed E-state index contributed by atoms with van der Waals surface area (Å²) in [6, 6.07) is 4.04. The Morgan fingerprint density at radius 2 is 1.58 bits per heavy atom. The van der Waals surface area contributed by atoms with Gasteiger partial charge in [-0.1, -0.05) is 30.3 Å². The number of carboxylic acids is 1. The van der Waals surface area contributed by atoms with Crippen molar-refractivity contribution < 1.29 is 29.4 Å². The molecule has 1 aromatic rings. The lowest BCUT2D eigenvalue weighted by Gasteiger charge is -2.25. The van der Waals surface area contributed by atoms with Gasteiger partial charge < -0.3 is 43.4 Å². The number of rotatable bonds is 15. The first-order valence-electron chi connectivity index (χ1n) is 11.2. The first-order chi connectivity index (χ1) is 17.0. The number of aliphatic imine (C=N–C) groups is 1. The van der Waals surface area contributed by atoms with Crippen LogP contribution < -0.4 is 33.2 Å². The van der Waals surface area contributed by atoms with Gasteiger partial charge in [-0.15, -0.1) is 0 Å². The van der Waals surface area contributed by atoms with Crippen LogP contribution in [0.1, 0.15) is 25.3 Å². The number of hydrogen-bond acceptors (Lipinski definition) is 8. The number of hydrogen-bond donors (Lipinski definition) is 9. The molecule has 0 bridgehead atoms. The molecule has 3 amide bonds. The van der Waals surface area contributed by atoms with Crippen molar-refractivity contribution in [2.75, 3.05) is 12.3 Å². The second kappa shape index (κ2) is 15.6. The number of carbonyl (C=O) groups is 4. The summed E-state index contributed by atoms with van der Waals surface area (Å²) < 4.78 is 0. The topological polar surface area (TPSA) is 235 Å². The fourth-order valence-corrected chi connectivity index (χ4v) is 3.35. The third kappa shape index (κ3) is 10.9. The van der Waals surface area contributed by atoms with E-state index in [1.807, 2.05) is 0 Å². The molecular formula is C22H35N7O6S. The minimum atomic E-state index is -1.58. The minimum absolute atomic E-state index is 0.0708. The summed E-state index contributed by atoms with van der Waals surface area (Å²) in [5.41, 5.74) is 17.2. The lowest BCUT2D eigenvalue weighted by molar-refractivity contribution is -0.145.